The smallest absolute Gasteiger partial charge is 0.310 e. The summed E-state index contributed by atoms with van der Waals surface area (Å²) in [6.07, 6.45) is 0.985. The van der Waals surface area contributed by atoms with Gasteiger partial charge in [-0.25, -0.2) is 0 Å². The normalized spacial score (nSPS) is 19.0. The molecule has 1 fully saturated rings. The van der Waals surface area contributed by atoms with E-state index in [0.717, 1.165) is 17.0 Å². The predicted octanol–water partition coefficient (Wildman–Crippen LogP) is 0.529. The number of aromatic nitrogens is 2. The van der Waals surface area contributed by atoms with E-state index in [4.69, 9.17) is 9.84 Å². The number of hydrogen-bond acceptors (Lipinski definition) is 4. The largest absolute Gasteiger partial charge is 0.481 e. The summed E-state index contributed by atoms with van der Waals surface area (Å²) in [6, 6.07) is 0. The molecule has 1 aliphatic rings. The number of nitrogens with zero attached hydrogens (tertiary/aromatic N) is 3. The van der Waals surface area contributed by atoms with E-state index >= 15 is 0 Å². The molecular weight excluding hydrogens is 286 g/mol. The number of carboxylic acids is 1. The SMILES string of the molecule is Cc1nn(C)c(C)c1CCC(=O)N1CCOCC(C(=O)O)C1. The van der Waals surface area contributed by atoms with Crippen LogP contribution in [0.2, 0.25) is 0 Å². The number of amides is 1. The first-order chi connectivity index (χ1) is 10.4. The molecule has 1 N–H and O–H groups in total. The lowest BCUT2D eigenvalue weighted by molar-refractivity contribution is -0.144. The van der Waals surface area contributed by atoms with Crippen molar-refractivity contribution in [3.05, 3.63) is 17.0 Å². The van der Waals surface area contributed by atoms with E-state index in [0.29, 0.717) is 26.0 Å². The predicted molar refractivity (Wildman–Crippen MR) is 79.5 cm³/mol. The van der Waals surface area contributed by atoms with Gasteiger partial charge in [-0.15, -0.1) is 0 Å². The fourth-order valence-corrected chi connectivity index (χ4v) is 2.76. The van der Waals surface area contributed by atoms with Crippen LogP contribution in [0.1, 0.15) is 23.4 Å². The van der Waals surface area contributed by atoms with Gasteiger partial charge in [0, 0.05) is 32.3 Å². The van der Waals surface area contributed by atoms with Crippen molar-refractivity contribution in [3.8, 4) is 0 Å². The van der Waals surface area contributed by atoms with Crippen molar-refractivity contribution in [2.45, 2.75) is 26.7 Å². The standard InChI is InChI=1S/C15H23N3O4/c1-10-13(11(2)17(3)16-10)4-5-14(19)18-6-7-22-9-12(8-18)15(20)21/h12H,4-9H2,1-3H3,(H,20,21). The molecule has 1 aromatic rings. The molecule has 1 aromatic heterocycles. The molecule has 0 aliphatic carbocycles. The molecule has 0 aromatic carbocycles. The number of aliphatic carboxylic acids is 1. The molecule has 2 heterocycles. The zero-order valence-corrected chi connectivity index (χ0v) is 13.3. The Kier molecular flexibility index (Phi) is 5.18. The lowest BCUT2D eigenvalue weighted by Crippen LogP contribution is -2.38. The Morgan fingerprint density at radius 1 is 1.41 bits per heavy atom. The minimum absolute atomic E-state index is 0.0283. The Morgan fingerprint density at radius 3 is 2.73 bits per heavy atom. The van der Waals surface area contributed by atoms with E-state index in [1.807, 2.05) is 25.6 Å². The monoisotopic (exact) mass is 309 g/mol. The van der Waals surface area contributed by atoms with Crippen molar-refractivity contribution in [2.24, 2.45) is 13.0 Å². The van der Waals surface area contributed by atoms with Gasteiger partial charge in [0.1, 0.15) is 0 Å². The van der Waals surface area contributed by atoms with Gasteiger partial charge in [0.2, 0.25) is 5.91 Å². The fraction of sp³-hybridized carbons (Fsp3) is 0.667. The zero-order chi connectivity index (χ0) is 16.3. The summed E-state index contributed by atoms with van der Waals surface area (Å²) < 4.78 is 7.08. The van der Waals surface area contributed by atoms with Crippen LogP contribution in [0.25, 0.3) is 0 Å². The zero-order valence-electron chi connectivity index (χ0n) is 13.3. The summed E-state index contributed by atoms with van der Waals surface area (Å²) in [5.41, 5.74) is 3.10. The van der Waals surface area contributed by atoms with E-state index in [2.05, 4.69) is 5.10 Å². The van der Waals surface area contributed by atoms with Crippen molar-refractivity contribution in [2.75, 3.05) is 26.3 Å². The van der Waals surface area contributed by atoms with Gasteiger partial charge in [-0.05, 0) is 25.8 Å². The molecule has 22 heavy (non-hydrogen) atoms. The summed E-state index contributed by atoms with van der Waals surface area (Å²) in [4.78, 5) is 25.1. The van der Waals surface area contributed by atoms with Crippen molar-refractivity contribution < 1.29 is 19.4 Å². The summed E-state index contributed by atoms with van der Waals surface area (Å²) in [5, 5.41) is 13.5. The topological polar surface area (TPSA) is 84.7 Å². The highest BCUT2D eigenvalue weighted by Crippen LogP contribution is 2.16. The fourth-order valence-electron chi connectivity index (χ4n) is 2.76. The van der Waals surface area contributed by atoms with Crippen LogP contribution in [0.4, 0.5) is 0 Å². The van der Waals surface area contributed by atoms with Crippen LogP contribution in [0, 0.1) is 19.8 Å². The maximum absolute atomic E-state index is 12.4. The number of ether oxygens (including phenoxy) is 1. The van der Waals surface area contributed by atoms with Crippen LogP contribution in [-0.4, -0.2) is 58.0 Å². The van der Waals surface area contributed by atoms with Crippen molar-refractivity contribution in [1.29, 1.82) is 0 Å². The number of carbonyl (C=O) groups is 2. The summed E-state index contributed by atoms with van der Waals surface area (Å²) >= 11 is 0. The molecule has 1 aliphatic heterocycles. The molecule has 1 unspecified atom stereocenters. The van der Waals surface area contributed by atoms with Crippen molar-refractivity contribution in [3.63, 3.8) is 0 Å². The molecule has 7 heteroatoms. The highest BCUT2D eigenvalue weighted by molar-refractivity contribution is 5.78. The highest BCUT2D eigenvalue weighted by atomic mass is 16.5. The maximum atomic E-state index is 12.4. The number of carboxylic acid groups (broad SMARTS) is 1. The first kappa shape index (κ1) is 16.5. The van der Waals surface area contributed by atoms with E-state index in [9.17, 15) is 9.59 Å². The highest BCUT2D eigenvalue weighted by Gasteiger charge is 2.27. The van der Waals surface area contributed by atoms with Gasteiger partial charge < -0.3 is 14.7 Å². The van der Waals surface area contributed by atoms with Crippen LogP contribution in [0.15, 0.2) is 0 Å². The van der Waals surface area contributed by atoms with Gasteiger partial charge in [-0.2, -0.15) is 5.10 Å². The second kappa shape index (κ2) is 6.91. The maximum Gasteiger partial charge on any atom is 0.310 e. The Balaban J connectivity index is 1.97. The minimum atomic E-state index is -0.918. The lowest BCUT2D eigenvalue weighted by atomic mass is 10.1. The molecule has 122 valence electrons. The number of aryl methyl sites for hydroxylation is 2. The summed E-state index contributed by atoms with van der Waals surface area (Å²) in [5.74, 6) is -1.59. The average molecular weight is 309 g/mol. The quantitative estimate of drug-likeness (QED) is 0.877. The van der Waals surface area contributed by atoms with E-state index in [1.165, 1.54) is 0 Å². The first-order valence-electron chi connectivity index (χ1n) is 7.47. The molecule has 1 amide bonds. The van der Waals surface area contributed by atoms with Gasteiger partial charge >= 0.3 is 5.97 Å². The summed E-state index contributed by atoms with van der Waals surface area (Å²) in [6.45, 7) is 5.15. The Hall–Kier alpha value is -1.89. The molecule has 1 saturated heterocycles. The third-order valence-electron chi connectivity index (χ3n) is 4.22. The molecule has 0 saturated carbocycles. The van der Waals surface area contributed by atoms with E-state index in [-0.39, 0.29) is 19.1 Å². The van der Waals surface area contributed by atoms with Gasteiger partial charge in [-0.3, -0.25) is 14.3 Å². The van der Waals surface area contributed by atoms with Crippen LogP contribution >= 0.6 is 0 Å². The Bertz CT molecular complexity index is 567. The molecule has 7 nitrogen and oxygen atoms in total. The van der Waals surface area contributed by atoms with Gasteiger partial charge in [0.05, 0.1) is 24.8 Å². The van der Waals surface area contributed by atoms with E-state index in [1.54, 1.807) is 4.90 Å². The third-order valence-corrected chi connectivity index (χ3v) is 4.22. The molecule has 2 rings (SSSR count). The molecule has 1 atom stereocenters. The second-order valence-corrected chi connectivity index (χ2v) is 5.72. The average Bonchev–Trinajstić information content (AvgIpc) is 2.67. The van der Waals surface area contributed by atoms with Gasteiger partial charge in [0.15, 0.2) is 0 Å². The molecule has 0 bridgehead atoms. The number of carbonyl (C=O) groups excluding carboxylic acids is 1. The van der Waals surface area contributed by atoms with Gasteiger partial charge in [-0.1, -0.05) is 0 Å². The van der Waals surface area contributed by atoms with Crippen molar-refractivity contribution in [1.82, 2.24) is 14.7 Å². The second-order valence-electron chi connectivity index (χ2n) is 5.72. The van der Waals surface area contributed by atoms with Crippen LogP contribution in [0.3, 0.4) is 0 Å². The number of hydrogen-bond donors (Lipinski definition) is 1. The van der Waals surface area contributed by atoms with Gasteiger partial charge in [0.25, 0.3) is 0 Å². The Morgan fingerprint density at radius 2 is 2.14 bits per heavy atom. The Labute approximate surface area is 129 Å². The van der Waals surface area contributed by atoms with Crippen LogP contribution in [-0.2, 0) is 27.8 Å². The van der Waals surface area contributed by atoms with Crippen LogP contribution in [0.5, 0.6) is 0 Å². The van der Waals surface area contributed by atoms with Crippen LogP contribution < -0.4 is 0 Å². The first-order valence-corrected chi connectivity index (χ1v) is 7.47. The number of rotatable bonds is 4. The van der Waals surface area contributed by atoms with E-state index < -0.39 is 11.9 Å². The molecule has 0 spiro atoms. The molecular formula is C15H23N3O4. The molecule has 0 radical (unpaired) electrons. The third kappa shape index (κ3) is 3.65. The minimum Gasteiger partial charge on any atom is -0.481 e. The lowest BCUT2D eigenvalue weighted by Gasteiger charge is -2.21. The summed E-state index contributed by atoms with van der Waals surface area (Å²) in [7, 11) is 1.89. The van der Waals surface area contributed by atoms with Crippen molar-refractivity contribution >= 4 is 11.9 Å².